The van der Waals surface area contributed by atoms with Crippen LogP contribution in [0.15, 0.2) is 0 Å². The highest BCUT2D eigenvalue weighted by Crippen LogP contribution is 2.04. The highest BCUT2D eigenvalue weighted by molar-refractivity contribution is 4.72. The van der Waals surface area contributed by atoms with Gasteiger partial charge in [-0.3, -0.25) is 7.05 Å². The zero-order valence-electron chi connectivity index (χ0n) is 5.06. The molecule has 2 nitrogen and oxygen atoms in total. The molecule has 0 amide bonds. The molecule has 0 unspecified atom stereocenters. The second-order valence-electron chi connectivity index (χ2n) is 2.27. The minimum Gasteiger partial charge on any atom is -0.424 e. The largest absolute Gasteiger partial charge is 0.424 e. The summed E-state index contributed by atoms with van der Waals surface area (Å²) < 4.78 is 0. The van der Waals surface area contributed by atoms with Crippen LogP contribution in [0.25, 0.3) is 0 Å². The standard InChI is InChI=1S/C6H12N2/c1-7-4-6-2-3-8-5-6/h6,8H,1-5H2/q-1/t6-/m1/s1. The third-order valence-corrected chi connectivity index (χ3v) is 1.55. The Bertz CT molecular complexity index is 57.5. The number of hydrogen-bond acceptors (Lipinski definition) is 1. The topological polar surface area (TPSA) is 26.1 Å². The summed E-state index contributed by atoms with van der Waals surface area (Å²) in [5.74, 6) is 0.771. The predicted octanol–water partition coefficient (Wildman–Crippen LogP) is -0.00811. The molecular formula is C6H12N2-. The molecule has 1 atom stereocenters. The molecule has 8 heavy (non-hydrogen) atoms. The fourth-order valence-corrected chi connectivity index (χ4v) is 1.05. The lowest BCUT2D eigenvalue weighted by molar-refractivity contribution is 0.550. The van der Waals surface area contributed by atoms with Gasteiger partial charge in [0, 0.05) is 0 Å². The van der Waals surface area contributed by atoms with Gasteiger partial charge in [0.15, 0.2) is 0 Å². The van der Waals surface area contributed by atoms with E-state index in [2.05, 4.69) is 17.7 Å². The normalized spacial score (nSPS) is 28.9. The van der Waals surface area contributed by atoms with Crippen LogP contribution in [0, 0.1) is 13.0 Å². The third kappa shape index (κ3) is 1.46. The third-order valence-electron chi connectivity index (χ3n) is 1.55. The van der Waals surface area contributed by atoms with Crippen LogP contribution in [-0.2, 0) is 0 Å². The van der Waals surface area contributed by atoms with Crippen LogP contribution in [0.1, 0.15) is 6.42 Å². The molecule has 1 rings (SSSR count). The Morgan fingerprint density at radius 1 is 1.75 bits per heavy atom. The molecule has 0 aromatic carbocycles. The molecule has 1 N–H and O–H groups in total. The van der Waals surface area contributed by atoms with Crippen LogP contribution in [-0.4, -0.2) is 19.6 Å². The molecule has 0 aromatic rings. The van der Waals surface area contributed by atoms with E-state index in [1.54, 1.807) is 0 Å². The summed E-state index contributed by atoms with van der Waals surface area (Å²) >= 11 is 0. The van der Waals surface area contributed by atoms with Crippen molar-refractivity contribution in [1.82, 2.24) is 10.6 Å². The molecule has 1 saturated heterocycles. The minimum absolute atomic E-state index is 0.771. The van der Waals surface area contributed by atoms with Gasteiger partial charge in [0.1, 0.15) is 0 Å². The fraction of sp³-hybridized carbons (Fsp3) is 0.833. The first-order chi connectivity index (χ1) is 3.93. The molecule has 2 heteroatoms. The van der Waals surface area contributed by atoms with Gasteiger partial charge < -0.3 is 10.6 Å². The van der Waals surface area contributed by atoms with E-state index in [-0.39, 0.29) is 0 Å². The molecule has 1 radical (unpaired) electrons. The Morgan fingerprint density at radius 2 is 2.62 bits per heavy atom. The van der Waals surface area contributed by atoms with Gasteiger partial charge in [0.2, 0.25) is 0 Å². The van der Waals surface area contributed by atoms with E-state index in [1.165, 1.54) is 13.0 Å². The van der Waals surface area contributed by atoms with Crippen LogP contribution in [0.4, 0.5) is 0 Å². The van der Waals surface area contributed by atoms with Crippen LogP contribution >= 0.6 is 0 Å². The van der Waals surface area contributed by atoms with Crippen molar-refractivity contribution in [2.75, 3.05) is 19.6 Å². The maximum absolute atomic E-state index is 3.83. The molecule has 47 valence electrons. The summed E-state index contributed by atoms with van der Waals surface area (Å²) in [6, 6.07) is 0. The molecule has 1 heterocycles. The molecule has 0 saturated carbocycles. The SMILES string of the molecule is [CH2-][N]C[C@H]1CCNC1. The van der Waals surface area contributed by atoms with Crippen molar-refractivity contribution in [2.24, 2.45) is 5.92 Å². The Balaban J connectivity index is 2.06. The van der Waals surface area contributed by atoms with E-state index in [4.69, 9.17) is 0 Å². The molecule has 0 spiro atoms. The van der Waals surface area contributed by atoms with Gasteiger partial charge in [-0.2, -0.15) is 0 Å². The van der Waals surface area contributed by atoms with Gasteiger partial charge in [-0.1, -0.05) is 0 Å². The molecule has 0 aromatic heterocycles. The van der Waals surface area contributed by atoms with E-state index >= 15 is 0 Å². The molecular weight excluding hydrogens is 100 g/mol. The van der Waals surface area contributed by atoms with Crippen molar-refractivity contribution in [2.45, 2.75) is 6.42 Å². The summed E-state index contributed by atoms with van der Waals surface area (Å²) in [5, 5.41) is 7.10. The smallest absolute Gasteiger partial charge is 0.000831 e. The number of nitrogens with one attached hydrogen (secondary N) is 1. The summed E-state index contributed by atoms with van der Waals surface area (Å²) in [5.41, 5.74) is 0. The van der Waals surface area contributed by atoms with Crippen LogP contribution in [0.2, 0.25) is 0 Å². The molecule has 1 fully saturated rings. The van der Waals surface area contributed by atoms with E-state index in [9.17, 15) is 0 Å². The molecule has 0 aliphatic carbocycles. The first-order valence-electron chi connectivity index (χ1n) is 3.06. The van der Waals surface area contributed by atoms with Crippen molar-refractivity contribution in [3.8, 4) is 0 Å². The van der Waals surface area contributed by atoms with E-state index < -0.39 is 0 Å². The first-order valence-corrected chi connectivity index (χ1v) is 3.06. The van der Waals surface area contributed by atoms with E-state index in [1.807, 2.05) is 0 Å². The summed E-state index contributed by atoms with van der Waals surface area (Å²) in [6.45, 7) is 3.24. The van der Waals surface area contributed by atoms with Crippen molar-refractivity contribution in [3.05, 3.63) is 7.05 Å². The molecule has 1 aliphatic heterocycles. The van der Waals surface area contributed by atoms with E-state index in [0.29, 0.717) is 0 Å². The van der Waals surface area contributed by atoms with Crippen molar-refractivity contribution < 1.29 is 0 Å². The second-order valence-corrected chi connectivity index (χ2v) is 2.27. The molecule has 0 bridgehead atoms. The maximum Gasteiger partial charge on any atom is -0.000831 e. The Kier molecular flexibility index (Phi) is 2.30. The summed E-state index contributed by atoms with van der Waals surface area (Å²) in [4.78, 5) is 0. The lowest BCUT2D eigenvalue weighted by Gasteiger charge is -2.07. The Hall–Kier alpha value is -0.0800. The number of nitrogens with zero attached hydrogens (tertiary/aromatic N) is 1. The second kappa shape index (κ2) is 3.05. The number of rotatable bonds is 2. The molecule has 1 aliphatic rings. The average Bonchev–Trinajstić information content (AvgIpc) is 2.19. The Labute approximate surface area is 50.7 Å². The zero-order valence-corrected chi connectivity index (χ0v) is 5.06. The highest BCUT2D eigenvalue weighted by atomic mass is 14.9. The van der Waals surface area contributed by atoms with Crippen molar-refractivity contribution >= 4 is 0 Å². The number of hydrogen-bond donors (Lipinski definition) is 1. The van der Waals surface area contributed by atoms with Crippen LogP contribution in [0.3, 0.4) is 0 Å². The van der Waals surface area contributed by atoms with Gasteiger partial charge in [0.25, 0.3) is 0 Å². The van der Waals surface area contributed by atoms with Gasteiger partial charge in [0.05, 0.1) is 0 Å². The van der Waals surface area contributed by atoms with Gasteiger partial charge >= 0.3 is 0 Å². The average molecular weight is 112 g/mol. The monoisotopic (exact) mass is 112 g/mol. The minimum atomic E-state index is 0.771. The van der Waals surface area contributed by atoms with Crippen LogP contribution in [0.5, 0.6) is 0 Å². The lowest BCUT2D eigenvalue weighted by atomic mass is 10.1. The van der Waals surface area contributed by atoms with Gasteiger partial charge in [-0.15, -0.1) is 0 Å². The highest BCUT2D eigenvalue weighted by Gasteiger charge is 2.11. The van der Waals surface area contributed by atoms with E-state index in [0.717, 1.165) is 19.0 Å². The first kappa shape index (κ1) is 6.05. The predicted molar refractivity (Wildman–Crippen MR) is 33.3 cm³/mol. The summed E-state index contributed by atoms with van der Waals surface area (Å²) in [7, 11) is 3.45. The Morgan fingerprint density at radius 3 is 3.12 bits per heavy atom. The fourth-order valence-electron chi connectivity index (χ4n) is 1.05. The van der Waals surface area contributed by atoms with Crippen molar-refractivity contribution in [1.29, 1.82) is 0 Å². The zero-order chi connectivity index (χ0) is 5.82. The summed E-state index contributed by atoms with van der Waals surface area (Å²) in [6.07, 6.45) is 1.28. The van der Waals surface area contributed by atoms with Gasteiger partial charge in [-0.05, 0) is 32.0 Å². The van der Waals surface area contributed by atoms with Crippen LogP contribution < -0.4 is 10.6 Å². The van der Waals surface area contributed by atoms with Gasteiger partial charge in [-0.25, -0.2) is 0 Å². The maximum atomic E-state index is 3.83. The quantitative estimate of drug-likeness (QED) is 0.500. The lowest BCUT2D eigenvalue weighted by Crippen LogP contribution is -2.15. The van der Waals surface area contributed by atoms with Crippen molar-refractivity contribution in [3.63, 3.8) is 0 Å².